The number of nitro benzene ring substituents is 1. The van der Waals surface area contributed by atoms with Gasteiger partial charge in [-0.2, -0.15) is 5.26 Å². The Kier molecular flexibility index (Phi) is 3.80. The van der Waals surface area contributed by atoms with E-state index in [-0.39, 0.29) is 22.7 Å². The molecular formula is C14H10FN3O3. The van der Waals surface area contributed by atoms with E-state index >= 15 is 0 Å². The highest BCUT2D eigenvalue weighted by atomic mass is 19.1. The van der Waals surface area contributed by atoms with Gasteiger partial charge in [0.25, 0.3) is 5.69 Å². The maximum atomic E-state index is 13.8. The number of benzene rings is 1. The predicted molar refractivity (Wildman–Crippen MR) is 71.6 cm³/mol. The number of hydrogen-bond donors (Lipinski definition) is 0. The summed E-state index contributed by atoms with van der Waals surface area (Å²) >= 11 is 0. The van der Waals surface area contributed by atoms with Crippen LogP contribution in [0.4, 0.5) is 10.1 Å². The summed E-state index contributed by atoms with van der Waals surface area (Å²) in [5, 5.41) is 19.7. The average molecular weight is 287 g/mol. The van der Waals surface area contributed by atoms with Crippen molar-refractivity contribution in [1.82, 2.24) is 4.98 Å². The van der Waals surface area contributed by atoms with E-state index in [1.54, 1.807) is 13.8 Å². The van der Waals surface area contributed by atoms with E-state index in [0.717, 1.165) is 18.2 Å². The summed E-state index contributed by atoms with van der Waals surface area (Å²) in [5.41, 5.74) is 0.902. The second-order valence-electron chi connectivity index (χ2n) is 4.31. The maximum Gasteiger partial charge on any atom is 0.272 e. The lowest BCUT2D eigenvalue weighted by Gasteiger charge is -2.10. The number of halogens is 1. The number of nitro groups is 1. The first kappa shape index (κ1) is 14.4. The molecule has 0 saturated heterocycles. The molecule has 0 aliphatic rings. The fourth-order valence-electron chi connectivity index (χ4n) is 1.81. The Morgan fingerprint density at radius 2 is 2.05 bits per heavy atom. The van der Waals surface area contributed by atoms with Crippen molar-refractivity contribution in [3.8, 4) is 17.6 Å². The smallest absolute Gasteiger partial charge is 0.272 e. The molecule has 1 aromatic carbocycles. The fraction of sp³-hybridized carbons (Fsp3) is 0.143. The van der Waals surface area contributed by atoms with Crippen LogP contribution in [0.2, 0.25) is 0 Å². The van der Waals surface area contributed by atoms with Crippen molar-refractivity contribution < 1.29 is 14.1 Å². The van der Waals surface area contributed by atoms with E-state index in [1.165, 1.54) is 6.07 Å². The highest BCUT2D eigenvalue weighted by molar-refractivity contribution is 5.49. The van der Waals surface area contributed by atoms with Gasteiger partial charge in [-0.3, -0.25) is 15.1 Å². The molecule has 0 aliphatic carbocycles. The number of rotatable bonds is 3. The number of aromatic nitrogens is 1. The first-order chi connectivity index (χ1) is 9.92. The zero-order valence-electron chi connectivity index (χ0n) is 11.3. The Morgan fingerprint density at radius 3 is 2.62 bits per heavy atom. The third kappa shape index (κ3) is 2.95. The summed E-state index contributed by atoms with van der Waals surface area (Å²) in [6.07, 6.45) is 0. The van der Waals surface area contributed by atoms with E-state index in [1.807, 2.05) is 6.07 Å². The molecular weight excluding hydrogens is 277 g/mol. The van der Waals surface area contributed by atoms with Crippen LogP contribution < -0.4 is 4.74 Å². The predicted octanol–water partition coefficient (Wildman–Crippen LogP) is 3.41. The number of nitriles is 1. The minimum atomic E-state index is -0.875. The van der Waals surface area contributed by atoms with Crippen LogP contribution >= 0.6 is 0 Å². The third-order valence-corrected chi connectivity index (χ3v) is 2.75. The zero-order valence-corrected chi connectivity index (χ0v) is 11.3. The molecule has 0 N–H and O–H groups in total. The monoisotopic (exact) mass is 287 g/mol. The molecule has 2 rings (SSSR count). The van der Waals surface area contributed by atoms with Crippen molar-refractivity contribution in [2.45, 2.75) is 13.8 Å². The number of hydrogen-bond acceptors (Lipinski definition) is 5. The van der Waals surface area contributed by atoms with E-state index in [2.05, 4.69) is 4.98 Å². The topological polar surface area (TPSA) is 89.0 Å². The molecule has 0 saturated carbocycles. The lowest BCUT2D eigenvalue weighted by Crippen LogP contribution is -1.98. The highest BCUT2D eigenvalue weighted by Gasteiger charge is 2.15. The highest BCUT2D eigenvalue weighted by Crippen LogP contribution is 2.30. The van der Waals surface area contributed by atoms with Crippen LogP contribution in [0.25, 0.3) is 0 Å². The fourth-order valence-corrected chi connectivity index (χ4v) is 1.81. The van der Waals surface area contributed by atoms with Crippen molar-refractivity contribution in [2.75, 3.05) is 0 Å². The summed E-state index contributed by atoms with van der Waals surface area (Å²) in [7, 11) is 0. The number of non-ortho nitro benzene ring substituents is 1. The van der Waals surface area contributed by atoms with Gasteiger partial charge in [0.2, 0.25) is 0 Å². The lowest BCUT2D eigenvalue weighted by atomic mass is 10.2. The molecule has 1 heterocycles. The van der Waals surface area contributed by atoms with Crippen LogP contribution in [-0.2, 0) is 0 Å². The Labute approximate surface area is 119 Å². The van der Waals surface area contributed by atoms with Crippen LogP contribution in [0.1, 0.15) is 17.0 Å². The van der Waals surface area contributed by atoms with Gasteiger partial charge in [0.1, 0.15) is 17.4 Å². The van der Waals surface area contributed by atoms with Gasteiger partial charge in [-0.1, -0.05) is 0 Å². The van der Waals surface area contributed by atoms with Crippen LogP contribution in [0.15, 0.2) is 24.3 Å². The summed E-state index contributed by atoms with van der Waals surface area (Å²) < 4.78 is 19.2. The standard InChI is InChI=1S/C14H10FN3O3/c1-8-5-14(11(7-16)9(2)17-8)21-13-4-3-10(18(19)20)6-12(13)15/h3-6H,1-2H3. The van der Waals surface area contributed by atoms with E-state index in [0.29, 0.717) is 11.4 Å². The lowest BCUT2D eigenvalue weighted by molar-refractivity contribution is -0.385. The summed E-state index contributed by atoms with van der Waals surface area (Å²) in [6, 6.07) is 6.50. The number of aryl methyl sites for hydroxylation is 2. The van der Waals surface area contributed by atoms with Gasteiger partial charge in [-0.05, 0) is 19.9 Å². The molecule has 1 aromatic heterocycles. The van der Waals surface area contributed by atoms with Crippen LogP contribution in [0.3, 0.4) is 0 Å². The molecule has 0 atom stereocenters. The number of pyridine rings is 1. The van der Waals surface area contributed by atoms with Crippen molar-refractivity contribution in [2.24, 2.45) is 0 Å². The Bertz CT molecular complexity index is 769. The average Bonchev–Trinajstić information content (AvgIpc) is 2.40. The molecule has 0 amide bonds. The molecule has 0 spiro atoms. The second-order valence-corrected chi connectivity index (χ2v) is 4.31. The molecule has 6 nitrogen and oxygen atoms in total. The van der Waals surface area contributed by atoms with Gasteiger partial charge in [0, 0.05) is 17.8 Å². The second kappa shape index (κ2) is 5.54. The first-order valence-electron chi connectivity index (χ1n) is 5.92. The summed E-state index contributed by atoms with van der Waals surface area (Å²) in [6.45, 7) is 3.36. The van der Waals surface area contributed by atoms with Gasteiger partial charge in [-0.25, -0.2) is 4.39 Å². The molecule has 7 heteroatoms. The number of nitrogens with zero attached hydrogens (tertiary/aromatic N) is 3. The van der Waals surface area contributed by atoms with Crippen molar-refractivity contribution in [3.63, 3.8) is 0 Å². The Balaban J connectivity index is 2.44. The van der Waals surface area contributed by atoms with Crippen molar-refractivity contribution in [3.05, 3.63) is 57.1 Å². The molecule has 106 valence electrons. The molecule has 0 unspecified atom stereocenters. The van der Waals surface area contributed by atoms with Crippen molar-refractivity contribution >= 4 is 5.69 Å². The quantitative estimate of drug-likeness (QED) is 0.637. The molecule has 0 fully saturated rings. The molecule has 0 bridgehead atoms. The van der Waals surface area contributed by atoms with Crippen LogP contribution in [0.5, 0.6) is 11.5 Å². The molecule has 2 aromatic rings. The van der Waals surface area contributed by atoms with E-state index in [4.69, 9.17) is 10.00 Å². The van der Waals surface area contributed by atoms with Crippen LogP contribution in [-0.4, -0.2) is 9.91 Å². The minimum absolute atomic E-state index is 0.162. The van der Waals surface area contributed by atoms with E-state index < -0.39 is 10.7 Å². The molecule has 21 heavy (non-hydrogen) atoms. The van der Waals surface area contributed by atoms with Gasteiger partial charge in [-0.15, -0.1) is 0 Å². The van der Waals surface area contributed by atoms with Gasteiger partial charge in [0.15, 0.2) is 11.6 Å². The minimum Gasteiger partial charge on any atom is -0.453 e. The largest absolute Gasteiger partial charge is 0.453 e. The third-order valence-electron chi connectivity index (χ3n) is 2.75. The maximum absolute atomic E-state index is 13.8. The first-order valence-corrected chi connectivity index (χ1v) is 5.92. The zero-order chi connectivity index (χ0) is 15.6. The normalized spacial score (nSPS) is 10.0. The number of ether oxygens (including phenoxy) is 1. The van der Waals surface area contributed by atoms with E-state index in [9.17, 15) is 14.5 Å². The Hall–Kier alpha value is -3.01. The van der Waals surface area contributed by atoms with Gasteiger partial charge in [0.05, 0.1) is 16.7 Å². The summed E-state index contributed by atoms with van der Waals surface area (Å²) in [4.78, 5) is 14.0. The Morgan fingerprint density at radius 1 is 1.33 bits per heavy atom. The van der Waals surface area contributed by atoms with Gasteiger partial charge < -0.3 is 4.74 Å². The van der Waals surface area contributed by atoms with Crippen molar-refractivity contribution in [1.29, 1.82) is 5.26 Å². The van der Waals surface area contributed by atoms with Gasteiger partial charge >= 0.3 is 0 Å². The van der Waals surface area contributed by atoms with Crippen LogP contribution in [0, 0.1) is 41.1 Å². The summed E-state index contributed by atoms with van der Waals surface area (Å²) in [5.74, 6) is -0.905. The SMILES string of the molecule is Cc1cc(Oc2ccc([N+](=O)[O-])cc2F)c(C#N)c(C)n1. The molecule has 0 radical (unpaired) electrons. The molecule has 0 aliphatic heterocycles.